The summed E-state index contributed by atoms with van der Waals surface area (Å²) >= 11 is 0. The van der Waals surface area contributed by atoms with Gasteiger partial charge in [0.1, 0.15) is 0 Å². The Morgan fingerprint density at radius 2 is 1.89 bits per heavy atom. The fourth-order valence-corrected chi connectivity index (χ4v) is 6.36. The van der Waals surface area contributed by atoms with E-state index in [1.165, 1.54) is 17.0 Å². The minimum absolute atomic E-state index is 0.0680. The van der Waals surface area contributed by atoms with E-state index in [1.54, 1.807) is 13.1 Å². The maximum absolute atomic E-state index is 13.4. The molecule has 35 heavy (non-hydrogen) atoms. The van der Waals surface area contributed by atoms with Crippen LogP contribution >= 0.6 is 0 Å². The maximum Gasteiger partial charge on any atom is 0.475 e. The first-order valence-corrected chi connectivity index (χ1v) is 13.6. The van der Waals surface area contributed by atoms with E-state index in [2.05, 4.69) is 5.32 Å². The lowest BCUT2D eigenvalue weighted by Crippen LogP contribution is -2.50. The Labute approximate surface area is 206 Å². The predicted octanol–water partition coefficient (Wildman–Crippen LogP) is 1.53. The van der Waals surface area contributed by atoms with Gasteiger partial charge in [-0.05, 0) is 48.1 Å². The van der Waals surface area contributed by atoms with Crippen LogP contribution in [0.4, 0.5) is 5.69 Å². The largest absolute Gasteiger partial charge is 0.475 e. The summed E-state index contributed by atoms with van der Waals surface area (Å²) in [6.07, 6.45) is 3.83. The molecule has 1 saturated carbocycles. The molecule has 2 amide bonds. The van der Waals surface area contributed by atoms with Gasteiger partial charge in [0.25, 0.3) is 0 Å². The van der Waals surface area contributed by atoms with E-state index in [1.807, 2.05) is 30.3 Å². The first-order valence-electron chi connectivity index (χ1n) is 12.0. The second-order valence-corrected chi connectivity index (χ2v) is 11.7. The summed E-state index contributed by atoms with van der Waals surface area (Å²) in [5, 5.41) is 22.4. The maximum atomic E-state index is 13.4. The van der Waals surface area contributed by atoms with Gasteiger partial charge in [-0.3, -0.25) is 9.59 Å². The minimum atomic E-state index is -3.87. The molecule has 0 unspecified atom stereocenters. The molecule has 3 N–H and O–H groups in total. The van der Waals surface area contributed by atoms with Gasteiger partial charge in [0.05, 0.1) is 28.9 Å². The summed E-state index contributed by atoms with van der Waals surface area (Å²) in [7, 11) is -3.94. The molecule has 2 atom stereocenters. The van der Waals surface area contributed by atoms with Gasteiger partial charge < -0.3 is 20.3 Å². The average Bonchev–Trinajstić information content (AvgIpc) is 3.08. The van der Waals surface area contributed by atoms with Crippen molar-refractivity contribution in [3.05, 3.63) is 59.7 Å². The molecule has 0 spiro atoms. The highest BCUT2D eigenvalue weighted by Gasteiger charge is 2.35. The van der Waals surface area contributed by atoms with Crippen LogP contribution in [0.5, 0.6) is 0 Å². The smallest absolute Gasteiger partial charge is 0.426 e. The number of anilines is 1. The Morgan fingerprint density at radius 1 is 1.17 bits per heavy atom. The number of hydrogen-bond acceptors (Lipinski definition) is 6. The average molecular weight is 498 g/mol. The van der Waals surface area contributed by atoms with Crippen LogP contribution in [0.2, 0.25) is 0 Å². The summed E-state index contributed by atoms with van der Waals surface area (Å²) < 4.78 is 26.8. The SMILES string of the molecule is CN1C(=O)Cc2cc(S(=O)(=O)C[C@@H](Cc3ccccc3)C(=O)N[C@@H](CC3CCC3)B(O)O)ccc21. The van der Waals surface area contributed by atoms with E-state index in [0.717, 1.165) is 24.8 Å². The van der Waals surface area contributed by atoms with Crippen molar-refractivity contribution in [1.82, 2.24) is 5.32 Å². The number of benzene rings is 2. The zero-order valence-corrected chi connectivity index (χ0v) is 20.6. The number of likely N-dealkylation sites (N-methyl/N-ethyl adjacent to an activating group) is 1. The van der Waals surface area contributed by atoms with E-state index in [9.17, 15) is 28.1 Å². The number of hydrogen-bond donors (Lipinski definition) is 3. The normalized spacial score (nSPS) is 17.5. The Hall–Kier alpha value is -2.69. The number of amides is 2. The quantitative estimate of drug-likeness (QED) is 0.427. The van der Waals surface area contributed by atoms with Crippen LogP contribution < -0.4 is 10.2 Å². The van der Waals surface area contributed by atoms with E-state index in [4.69, 9.17) is 0 Å². The Kier molecular flexibility index (Phi) is 7.63. The second-order valence-electron chi connectivity index (χ2n) is 9.65. The van der Waals surface area contributed by atoms with Gasteiger partial charge in [0.2, 0.25) is 11.8 Å². The molecule has 2 aromatic rings. The third-order valence-corrected chi connectivity index (χ3v) is 8.92. The van der Waals surface area contributed by atoms with Gasteiger partial charge in [0, 0.05) is 12.7 Å². The molecule has 10 heteroatoms. The van der Waals surface area contributed by atoms with Crippen molar-refractivity contribution in [1.29, 1.82) is 0 Å². The molecule has 4 rings (SSSR count). The summed E-state index contributed by atoms with van der Waals surface area (Å²) in [5.41, 5.74) is 2.14. The lowest BCUT2D eigenvalue weighted by molar-refractivity contribution is -0.125. The number of nitrogens with one attached hydrogen (secondary N) is 1. The van der Waals surface area contributed by atoms with Crippen LogP contribution in [-0.2, 0) is 32.3 Å². The Morgan fingerprint density at radius 3 is 2.51 bits per heavy atom. The Bertz CT molecular complexity index is 1180. The summed E-state index contributed by atoms with van der Waals surface area (Å²) in [5.74, 6) is -2.51. The van der Waals surface area contributed by atoms with Gasteiger partial charge in [-0.2, -0.15) is 0 Å². The molecule has 1 fully saturated rings. The van der Waals surface area contributed by atoms with Crippen LogP contribution in [0.15, 0.2) is 53.4 Å². The minimum Gasteiger partial charge on any atom is -0.426 e. The van der Waals surface area contributed by atoms with Crippen molar-refractivity contribution in [3.63, 3.8) is 0 Å². The van der Waals surface area contributed by atoms with Gasteiger partial charge in [-0.25, -0.2) is 8.42 Å². The van der Waals surface area contributed by atoms with Gasteiger partial charge in [0.15, 0.2) is 9.84 Å². The molecular formula is C25H31BN2O6S. The number of carbonyl (C=O) groups is 2. The fourth-order valence-electron chi connectivity index (χ4n) is 4.77. The summed E-state index contributed by atoms with van der Waals surface area (Å²) in [6, 6.07) is 13.8. The molecule has 0 bridgehead atoms. The second kappa shape index (κ2) is 10.5. The number of nitrogens with zero attached hydrogens (tertiary/aromatic N) is 1. The van der Waals surface area contributed by atoms with Crippen molar-refractivity contribution < 1.29 is 28.1 Å². The van der Waals surface area contributed by atoms with Crippen LogP contribution in [0, 0.1) is 11.8 Å². The van der Waals surface area contributed by atoms with E-state index in [-0.39, 0.29) is 23.6 Å². The summed E-state index contributed by atoms with van der Waals surface area (Å²) in [6.45, 7) is 0. The monoisotopic (exact) mass is 498 g/mol. The van der Waals surface area contributed by atoms with Gasteiger partial charge in [-0.1, -0.05) is 49.6 Å². The molecule has 1 heterocycles. The first-order chi connectivity index (χ1) is 16.6. The topological polar surface area (TPSA) is 124 Å². The summed E-state index contributed by atoms with van der Waals surface area (Å²) in [4.78, 5) is 26.9. The van der Waals surface area contributed by atoms with Crippen molar-refractivity contribution in [3.8, 4) is 0 Å². The van der Waals surface area contributed by atoms with Crippen molar-refractivity contribution in [2.24, 2.45) is 11.8 Å². The van der Waals surface area contributed by atoms with Crippen molar-refractivity contribution in [2.75, 3.05) is 17.7 Å². The number of rotatable bonds is 10. The lowest BCUT2D eigenvalue weighted by Gasteiger charge is -2.30. The molecule has 2 aromatic carbocycles. The highest BCUT2D eigenvalue weighted by atomic mass is 32.2. The molecule has 2 aliphatic rings. The molecule has 0 aromatic heterocycles. The molecule has 0 radical (unpaired) electrons. The van der Waals surface area contributed by atoms with Crippen LogP contribution in [-0.4, -0.2) is 56.1 Å². The molecule has 186 valence electrons. The first kappa shape index (κ1) is 25.4. The molecule has 8 nitrogen and oxygen atoms in total. The third-order valence-electron chi connectivity index (χ3n) is 7.10. The van der Waals surface area contributed by atoms with Gasteiger partial charge >= 0.3 is 7.12 Å². The predicted molar refractivity (Wildman–Crippen MR) is 133 cm³/mol. The van der Waals surface area contributed by atoms with Gasteiger partial charge in [-0.15, -0.1) is 0 Å². The fraction of sp³-hybridized carbons (Fsp3) is 0.440. The van der Waals surface area contributed by atoms with Crippen LogP contribution in [0.25, 0.3) is 0 Å². The van der Waals surface area contributed by atoms with Crippen molar-refractivity contribution in [2.45, 2.75) is 49.4 Å². The van der Waals surface area contributed by atoms with E-state index >= 15 is 0 Å². The zero-order valence-electron chi connectivity index (χ0n) is 19.8. The lowest BCUT2D eigenvalue weighted by atomic mass is 9.69. The highest BCUT2D eigenvalue weighted by molar-refractivity contribution is 7.91. The third kappa shape index (κ3) is 5.94. The number of sulfone groups is 1. The Balaban J connectivity index is 1.55. The molecule has 1 aliphatic heterocycles. The van der Waals surface area contributed by atoms with E-state index in [0.29, 0.717) is 23.6 Å². The number of fused-ring (bicyclic) bond motifs is 1. The van der Waals surface area contributed by atoms with Crippen LogP contribution in [0.1, 0.15) is 36.8 Å². The molecule has 1 aliphatic carbocycles. The standard InChI is InChI=1S/C25H31BN2O6S/c1-28-22-11-10-21(14-19(22)15-24(28)29)35(33,34)16-20(12-17-6-3-2-4-7-17)25(30)27-23(26(31)32)13-18-8-5-9-18/h2-4,6-7,10-11,14,18,20,23,31-32H,5,8-9,12-13,15-16H2,1H3,(H,27,30)/t20-,23+/m1/s1. The highest BCUT2D eigenvalue weighted by Crippen LogP contribution is 2.32. The number of carbonyl (C=O) groups excluding carboxylic acids is 2. The zero-order chi connectivity index (χ0) is 25.2. The molecular weight excluding hydrogens is 467 g/mol. The van der Waals surface area contributed by atoms with Crippen molar-refractivity contribution >= 4 is 34.5 Å². The van der Waals surface area contributed by atoms with E-state index < -0.39 is 40.5 Å². The van der Waals surface area contributed by atoms with Crippen LogP contribution in [0.3, 0.4) is 0 Å². The molecule has 0 saturated heterocycles.